The predicted molar refractivity (Wildman–Crippen MR) is 87.8 cm³/mol. The molecule has 0 aromatic heterocycles. The molecule has 114 valence electrons. The molecule has 0 spiro atoms. The van der Waals surface area contributed by atoms with Crippen LogP contribution in [0.4, 0.5) is 10.5 Å². The van der Waals surface area contributed by atoms with E-state index in [1.54, 1.807) is 12.1 Å². The lowest BCUT2D eigenvalue weighted by molar-refractivity contribution is 0.100. The normalized spacial score (nSPS) is 10.1. The molecule has 0 heterocycles. The average molecular weight is 297 g/mol. The van der Waals surface area contributed by atoms with Crippen LogP contribution in [0.1, 0.15) is 22.8 Å². The Kier molecular flexibility index (Phi) is 4.78. The van der Waals surface area contributed by atoms with Crippen molar-refractivity contribution >= 4 is 17.6 Å². The van der Waals surface area contributed by atoms with Crippen LogP contribution < -0.4 is 16.4 Å². The van der Waals surface area contributed by atoms with Gasteiger partial charge in [0.25, 0.3) is 0 Å². The molecule has 2 aromatic carbocycles. The van der Waals surface area contributed by atoms with Crippen LogP contribution in [0.5, 0.6) is 0 Å². The minimum absolute atomic E-state index is 0.234. The molecule has 2 rings (SSSR count). The van der Waals surface area contributed by atoms with Gasteiger partial charge in [0.05, 0.1) is 0 Å². The topological polar surface area (TPSA) is 84.2 Å². The van der Waals surface area contributed by atoms with Crippen LogP contribution in [0.15, 0.2) is 42.5 Å². The SMILES string of the molecule is CCNC(=O)Nc1ccc(-c2cc(C(N)=O)ccc2C)cc1. The molecule has 0 aliphatic heterocycles. The van der Waals surface area contributed by atoms with Crippen molar-refractivity contribution in [3.05, 3.63) is 53.6 Å². The van der Waals surface area contributed by atoms with Crippen LogP contribution in [0.25, 0.3) is 11.1 Å². The highest BCUT2D eigenvalue weighted by Gasteiger charge is 2.07. The zero-order valence-corrected chi connectivity index (χ0v) is 12.6. The lowest BCUT2D eigenvalue weighted by Crippen LogP contribution is -2.28. The van der Waals surface area contributed by atoms with Gasteiger partial charge in [0.1, 0.15) is 0 Å². The highest BCUT2D eigenvalue weighted by Crippen LogP contribution is 2.26. The molecule has 5 heteroatoms. The minimum Gasteiger partial charge on any atom is -0.366 e. The number of aryl methyl sites for hydroxylation is 1. The van der Waals surface area contributed by atoms with Gasteiger partial charge in [0.15, 0.2) is 0 Å². The number of anilines is 1. The number of nitrogens with two attached hydrogens (primary N) is 1. The molecular weight excluding hydrogens is 278 g/mol. The maximum absolute atomic E-state index is 11.5. The van der Waals surface area contributed by atoms with Gasteiger partial charge in [-0.15, -0.1) is 0 Å². The van der Waals surface area contributed by atoms with E-state index < -0.39 is 5.91 Å². The van der Waals surface area contributed by atoms with Crippen molar-refractivity contribution in [2.24, 2.45) is 5.73 Å². The number of amides is 3. The number of urea groups is 1. The van der Waals surface area contributed by atoms with E-state index in [9.17, 15) is 9.59 Å². The Morgan fingerprint density at radius 1 is 1.09 bits per heavy atom. The van der Waals surface area contributed by atoms with E-state index in [4.69, 9.17) is 5.73 Å². The fourth-order valence-electron chi connectivity index (χ4n) is 2.16. The molecule has 4 N–H and O–H groups in total. The summed E-state index contributed by atoms with van der Waals surface area (Å²) in [6.45, 7) is 4.40. The largest absolute Gasteiger partial charge is 0.366 e. The Hall–Kier alpha value is -2.82. The summed E-state index contributed by atoms with van der Waals surface area (Å²) in [5.74, 6) is -0.448. The van der Waals surface area contributed by atoms with Gasteiger partial charge >= 0.3 is 6.03 Å². The third-order valence-electron chi connectivity index (χ3n) is 3.31. The van der Waals surface area contributed by atoms with E-state index in [0.29, 0.717) is 17.8 Å². The first kappa shape index (κ1) is 15.6. The molecular formula is C17H19N3O2. The smallest absolute Gasteiger partial charge is 0.319 e. The molecule has 0 radical (unpaired) electrons. The monoisotopic (exact) mass is 297 g/mol. The van der Waals surface area contributed by atoms with Gasteiger partial charge in [0.2, 0.25) is 5.91 Å². The first-order valence-electron chi connectivity index (χ1n) is 7.07. The summed E-state index contributed by atoms with van der Waals surface area (Å²) in [5.41, 5.74) is 9.46. The van der Waals surface area contributed by atoms with E-state index in [0.717, 1.165) is 16.7 Å². The fraction of sp³-hybridized carbons (Fsp3) is 0.176. The van der Waals surface area contributed by atoms with Gasteiger partial charge in [-0.2, -0.15) is 0 Å². The molecule has 0 saturated heterocycles. The first-order chi connectivity index (χ1) is 10.5. The summed E-state index contributed by atoms with van der Waals surface area (Å²) in [4.78, 5) is 22.8. The van der Waals surface area contributed by atoms with Crippen LogP contribution >= 0.6 is 0 Å². The highest BCUT2D eigenvalue weighted by molar-refractivity contribution is 5.94. The van der Waals surface area contributed by atoms with E-state index in [1.165, 1.54) is 0 Å². The molecule has 3 amide bonds. The molecule has 22 heavy (non-hydrogen) atoms. The van der Waals surface area contributed by atoms with Crippen LogP contribution in [-0.4, -0.2) is 18.5 Å². The number of primary amides is 1. The van der Waals surface area contributed by atoms with Crippen LogP contribution in [-0.2, 0) is 0 Å². The lowest BCUT2D eigenvalue weighted by atomic mass is 9.98. The van der Waals surface area contributed by atoms with Crippen molar-refractivity contribution in [1.29, 1.82) is 0 Å². The number of carbonyl (C=O) groups is 2. The van der Waals surface area contributed by atoms with Crippen molar-refractivity contribution in [3.63, 3.8) is 0 Å². The van der Waals surface area contributed by atoms with Crippen molar-refractivity contribution in [2.75, 3.05) is 11.9 Å². The van der Waals surface area contributed by atoms with Crippen molar-refractivity contribution in [2.45, 2.75) is 13.8 Å². The van der Waals surface area contributed by atoms with E-state index >= 15 is 0 Å². The number of hydrogen-bond donors (Lipinski definition) is 3. The van der Waals surface area contributed by atoms with E-state index in [1.807, 2.05) is 44.2 Å². The molecule has 0 atom stereocenters. The van der Waals surface area contributed by atoms with Gasteiger partial charge in [-0.05, 0) is 54.8 Å². The number of carbonyl (C=O) groups excluding carboxylic acids is 2. The Morgan fingerprint density at radius 2 is 1.77 bits per heavy atom. The second-order valence-electron chi connectivity index (χ2n) is 4.96. The molecule has 0 unspecified atom stereocenters. The lowest BCUT2D eigenvalue weighted by Gasteiger charge is -2.10. The molecule has 0 aliphatic rings. The van der Waals surface area contributed by atoms with Crippen molar-refractivity contribution < 1.29 is 9.59 Å². The summed E-state index contributed by atoms with van der Waals surface area (Å²) in [6.07, 6.45) is 0. The quantitative estimate of drug-likeness (QED) is 0.810. The second kappa shape index (κ2) is 6.76. The Morgan fingerprint density at radius 3 is 2.36 bits per heavy atom. The standard InChI is InChI=1S/C17H19N3O2/c1-3-19-17(22)20-14-8-6-12(7-9-14)15-10-13(16(18)21)5-4-11(15)2/h4-10H,3H2,1-2H3,(H2,18,21)(H2,19,20,22). The summed E-state index contributed by atoms with van der Waals surface area (Å²) in [7, 11) is 0. The average Bonchev–Trinajstić information content (AvgIpc) is 2.48. The number of nitrogens with one attached hydrogen (secondary N) is 2. The molecule has 0 fully saturated rings. The van der Waals surface area contributed by atoms with Gasteiger partial charge < -0.3 is 16.4 Å². The van der Waals surface area contributed by atoms with Gasteiger partial charge in [-0.3, -0.25) is 4.79 Å². The number of rotatable bonds is 4. The van der Waals surface area contributed by atoms with Crippen LogP contribution in [0, 0.1) is 6.92 Å². The molecule has 5 nitrogen and oxygen atoms in total. The maximum atomic E-state index is 11.5. The van der Waals surface area contributed by atoms with E-state index in [-0.39, 0.29) is 6.03 Å². The van der Waals surface area contributed by atoms with Crippen molar-refractivity contribution in [1.82, 2.24) is 5.32 Å². The Labute approximate surface area is 129 Å². The number of hydrogen-bond acceptors (Lipinski definition) is 2. The molecule has 2 aromatic rings. The predicted octanol–water partition coefficient (Wildman–Crippen LogP) is 2.90. The number of benzene rings is 2. The van der Waals surface area contributed by atoms with E-state index in [2.05, 4.69) is 10.6 Å². The minimum atomic E-state index is -0.448. The zero-order chi connectivity index (χ0) is 16.1. The summed E-state index contributed by atoms with van der Waals surface area (Å²) in [6, 6.07) is 12.6. The third-order valence-corrected chi connectivity index (χ3v) is 3.31. The maximum Gasteiger partial charge on any atom is 0.319 e. The van der Waals surface area contributed by atoms with Crippen molar-refractivity contribution in [3.8, 4) is 11.1 Å². The van der Waals surface area contributed by atoms with Crippen LogP contribution in [0.3, 0.4) is 0 Å². The molecule has 0 saturated carbocycles. The summed E-state index contributed by atoms with van der Waals surface area (Å²) < 4.78 is 0. The zero-order valence-electron chi connectivity index (χ0n) is 12.6. The summed E-state index contributed by atoms with van der Waals surface area (Å²) in [5, 5.41) is 5.41. The van der Waals surface area contributed by atoms with Gasteiger partial charge in [-0.1, -0.05) is 18.2 Å². The first-order valence-corrected chi connectivity index (χ1v) is 7.07. The van der Waals surface area contributed by atoms with Gasteiger partial charge in [-0.25, -0.2) is 4.79 Å². The summed E-state index contributed by atoms with van der Waals surface area (Å²) >= 11 is 0. The molecule has 0 aliphatic carbocycles. The van der Waals surface area contributed by atoms with Gasteiger partial charge in [0, 0.05) is 17.8 Å². The Balaban J connectivity index is 2.25. The van der Waals surface area contributed by atoms with Crippen LogP contribution in [0.2, 0.25) is 0 Å². The second-order valence-corrected chi connectivity index (χ2v) is 4.96. The fourth-order valence-corrected chi connectivity index (χ4v) is 2.16. The molecule has 0 bridgehead atoms. The highest BCUT2D eigenvalue weighted by atomic mass is 16.2. The Bertz CT molecular complexity index is 694. The third kappa shape index (κ3) is 3.63.